The molecule has 0 spiro atoms. The Labute approximate surface area is 77.2 Å². The highest BCUT2D eigenvalue weighted by Crippen LogP contribution is 2.25. The molecule has 0 unspecified atom stereocenters. The molecule has 4 heteroatoms. The van der Waals surface area contributed by atoms with E-state index in [2.05, 4.69) is 15.9 Å². The van der Waals surface area contributed by atoms with Crippen molar-refractivity contribution in [3.63, 3.8) is 0 Å². The predicted molar refractivity (Wildman–Crippen MR) is 45.8 cm³/mol. The molecule has 0 radical (unpaired) electrons. The first-order valence-corrected chi connectivity index (χ1v) is 4.00. The number of carbonyl (C=O) groups is 1. The van der Waals surface area contributed by atoms with Gasteiger partial charge >= 0.3 is 0 Å². The van der Waals surface area contributed by atoms with Crippen molar-refractivity contribution < 1.29 is 14.3 Å². The molecule has 1 N–H and O–H groups in total. The Balaban J connectivity index is 3.33. The van der Waals surface area contributed by atoms with Gasteiger partial charge in [-0.3, -0.25) is 4.79 Å². The summed E-state index contributed by atoms with van der Waals surface area (Å²) in [5.74, 6) is -1.21. The van der Waals surface area contributed by atoms with E-state index < -0.39 is 5.82 Å². The molecule has 64 valence electrons. The minimum Gasteiger partial charge on any atom is -0.507 e. The van der Waals surface area contributed by atoms with Gasteiger partial charge in [0.1, 0.15) is 11.6 Å². The number of halogens is 2. The molecule has 0 aliphatic rings. The third kappa shape index (κ3) is 1.64. The van der Waals surface area contributed by atoms with Gasteiger partial charge in [-0.25, -0.2) is 4.39 Å². The Hall–Kier alpha value is -0.900. The minimum absolute atomic E-state index is 0.114. The Morgan fingerprint density at radius 2 is 2.17 bits per heavy atom. The van der Waals surface area contributed by atoms with Crippen LogP contribution in [0.15, 0.2) is 16.6 Å². The molecule has 0 aliphatic carbocycles. The summed E-state index contributed by atoms with van der Waals surface area (Å²) in [5, 5.41) is 9.10. The highest BCUT2D eigenvalue weighted by atomic mass is 79.9. The van der Waals surface area contributed by atoms with Crippen molar-refractivity contribution in [2.75, 3.05) is 0 Å². The quantitative estimate of drug-likeness (QED) is 0.756. The normalized spacial score (nSPS) is 9.92. The number of Topliss-reactive ketones (excluding diaryl/α,β-unsaturated/α-hetero) is 1. The molecule has 1 aromatic carbocycles. The molecule has 1 aromatic rings. The summed E-state index contributed by atoms with van der Waals surface area (Å²) in [6, 6.07) is 2.16. The van der Waals surface area contributed by atoms with Crippen LogP contribution in [0.5, 0.6) is 5.75 Å². The van der Waals surface area contributed by atoms with Crippen LogP contribution < -0.4 is 0 Å². The second kappa shape index (κ2) is 3.23. The number of benzene rings is 1. The summed E-state index contributed by atoms with van der Waals surface area (Å²) >= 11 is 2.91. The van der Waals surface area contributed by atoms with Crippen molar-refractivity contribution in [1.82, 2.24) is 0 Å². The van der Waals surface area contributed by atoms with Crippen molar-refractivity contribution in [1.29, 1.82) is 0 Å². The number of aromatic hydroxyl groups is 1. The Morgan fingerprint density at radius 1 is 1.58 bits per heavy atom. The van der Waals surface area contributed by atoms with Gasteiger partial charge in [0.15, 0.2) is 5.78 Å². The van der Waals surface area contributed by atoms with Gasteiger partial charge in [-0.15, -0.1) is 0 Å². The summed E-state index contributed by atoms with van der Waals surface area (Å²) in [7, 11) is 0. The molecule has 0 atom stereocenters. The predicted octanol–water partition coefficient (Wildman–Crippen LogP) is 2.50. The smallest absolute Gasteiger partial charge is 0.163 e. The molecule has 0 saturated carbocycles. The molecule has 0 saturated heterocycles. The molecule has 0 heterocycles. The van der Waals surface area contributed by atoms with Crippen LogP contribution in [-0.2, 0) is 0 Å². The molecule has 0 amide bonds. The molecular formula is C8H6BrFO2. The van der Waals surface area contributed by atoms with Crippen LogP contribution in [0, 0.1) is 5.82 Å². The highest BCUT2D eigenvalue weighted by Gasteiger charge is 2.10. The molecule has 2 nitrogen and oxygen atoms in total. The summed E-state index contributed by atoms with van der Waals surface area (Å²) in [4.78, 5) is 10.8. The van der Waals surface area contributed by atoms with Crippen molar-refractivity contribution in [2.45, 2.75) is 6.92 Å². The van der Waals surface area contributed by atoms with Gasteiger partial charge in [0.2, 0.25) is 0 Å². The van der Waals surface area contributed by atoms with E-state index in [1.807, 2.05) is 0 Å². The lowest BCUT2D eigenvalue weighted by Gasteiger charge is -2.01. The molecule has 0 fully saturated rings. The third-order valence-corrected chi connectivity index (χ3v) is 2.03. The van der Waals surface area contributed by atoms with E-state index in [1.165, 1.54) is 13.0 Å². The maximum absolute atomic E-state index is 12.7. The van der Waals surface area contributed by atoms with Gasteiger partial charge in [0, 0.05) is 6.07 Å². The first-order chi connectivity index (χ1) is 5.52. The second-order valence-corrected chi connectivity index (χ2v) is 3.19. The van der Waals surface area contributed by atoms with Gasteiger partial charge in [0.25, 0.3) is 0 Å². The number of hydrogen-bond acceptors (Lipinski definition) is 2. The monoisotopic (exact) mass is 232 g/mol. The Kier molecular flexibility index (Phi) is 2.47. The fourth-order valence-corrected chi connectivity index (χ4v) is 1.16. The number of hydrogen-bond donors (Lipinski definition) is 1. The van der Waals surface area contributed by atoms with E-state index in [-0.39, 0.29) is 21.6 Å². The average molecular weight is 233 g/mol. The van der Waals surface area contributed by atoms with Crippen LogP contribution in [0.25, 0.3) is 0 Å². The van der Waals surface area contributed by atoms with Crippen LogP contribution in [0.2, 0.25) is 0 Å². The second-order valence-electron chi connectivity index (χ2n) is 2.34. The first kappa shape index (κ1) is 9.19. The summed E-state index contributed by atoms with van der Waals surface area (Å²) in [5.41, 5.74) is 0.114. The van der Waals surface area contributed by atoms with E-state index in [9.17, 15) is 9.18 Å². The van der Waals surface area contributed by atoms with Crippen molar-refractivity contribution in [3.05, 3.63) is 28.0 Å². The van der Waals surface area contributed by atoms with Gasteiger partial charge in [-0.2, -0.15) is 0 Å². The van der Waals surface area contributed by atoms with Gasteiger partial charge in [-0.1, -0.05) is 0 Å². The average Bonchev–Trinajstić information content (AvgIpc) is 1.96. The van der Waals surface area contributed by atoms with Crippen molar-refractivity contribution in [3.8, 4) is 5.75 Å². The molecule has 0 aromatic heterocycles. The van der Waals surface area contributed by atoms with Crippen molar-refractivity contribution in [2.24, 2.45) is 0 Å². The van der Waals surface area contributed by atoms with Crippen LogP contribution >= 0.6 is 15.9 Å². The van der Waals surface area contributed by atoms with E-state index in [4.69, 9.17) is 5.11 Å². The molecular weight excluding hydrogens is 227 g/mol. The summed E-state index contributed by atoms with van der Waals surface area (Å²) in [6.45, 7) is 1.30. The largest absolute Gasteiger partial charge is 0.507 e. The lowest BCUT2D eigenvalue weighted by atomic mass is 10.1. The fourth-order valence-electron chi connectivity index (χ4n) is 0.818. The van der Waals surface area contributed by atoms with Gasteiger partial charge in [-0.05, 0) is 28.9 Å². The molecule has 12 heavy (non-hydrogen) atoms. The number of phenols is 1. The van der Waals surface area contributed by atoms with E-state index >= 15 is 0 Å². The zero-order valence-corrected chi connectivity index (χ0v) is 7.85. The standard InChI is InChI=1S/C8H6BrFO2/c1-4(11)5-2-6(9)7(10)3-8(5)12/h2-3,12H,1H3. The van der Waals surface area contributed by atoms with Crippen LogP contribution in [0.3, 0.4) is 0 Å². The molecule has 0 bridgehead atoms. The van der Waals surface area contributed by atoms with Crippen LogP contribution in [0.4, 0.5) is 4.39 Å². The van der Waals surface area contributed by atoms with Crippen LogP contribution in [0.1, 0.15) is 17.3 Å². The summed E-state index contributed by atoms with van der Waals surface area (Å²) < 4.78 is 12.9. The highest BCUT2D eigenvalue weighted by molar-refractivity contribution is 9.10. The van der Waals surface area contributed by atoms with Crippen molar-refractivity contribution >= 4 is 21.7 Å². The number of carbonyl (C=O) groups excluding carboxylic acids is 1. The van der Waals surface area contributed by atoms with E-state index in [0.717, 1.165) is 6.07 Å². The maximum Gasteiger partial charge on any atom is 0.163 e. The van der Waals surface area contributed by atoms with Crippen LogP contribution in [-0.4, -0.2) is 10.9 Å². The number of rotatable bonds is 1. The van der Waals surface area contributed by atoms with Gasteiger partial charge < -0.3 is 5.11 Å². The number of phenolic OH excluding ortho intramolecular Hbond substituents is 1. The zero-order valence-electron chi connectivity index (χ0n) is 6.27. The summed E-state index contributed by atoms with van der Waals surface area (Å²) in [6.07, 6.45) is 0. The molecule has 1 rings (SSSR count). The SMILES string of the molecule is CC(=O)c1cc(Br)c(F)cc1O. The third-order valence-electron chi connectivity index (χ3n) is 1.42. The lowest BCUT2D eigenvalue weighted by molar-refractivity contribution is 0.101. The fraction of sp³-hybridized carbons (Fsp3) is 0.125. The Morgan fingerprint density at radius 3 is 2.67 bits per heavy atom. The zero-order chi connectivity index (χ0) is 9.30. The first-order valence-electron chi connectivity index (χ1n) is 3.21. The topological polar surface area (TPSA) is 37.3 Å². The maximum atomic E-state index is 12.7. The lowest BCUT2D eigenvalue weighted by Crippen LogP contribution is -1.93. The Bertz CT molecular complexity index is 336. The van der Waals surface area contributed by atoms with E-state index in [0.29, 0.717) is 0 Å². The minimum atomic E-state index is -0.586. The number of ketones is 1. The van der Waals surface area contributed by atoms with E-state index in [1.54, 1.807) is 0 Å². The van der Waals surface area contributed by atoms with Gasteiger partial charge in [0.05, 0.1) is 10.0 Å². The molecule has 0 aliphatic heterocycles.